The van der Waals surface area contributed by atoms with Crippen LogP contribution in [0.15, 0.2) is 47.0 Å². The van der Waals surface area contributed by atoms with E-state index in [-0.39, 0.29) is 24.2 Å². The van der Waals surface area contributed by atoms with Gasteiger partial charge in [0.2, 0.25) is 11.7 Å². The van der Waals surface area contributed by atoms with Crippen molar-refractivity contribution in [3.8, 4) is 22.8 Å². The zero-order valence-corrected chi connectivity index (χ0v) is 18.6. The smallest absolute Gasteiger partial charge is 0.265 e. The lowest BCUT2D eigenvalue weighted by atomic mass is 10.1. The summed E-state index contributed by atoms with van der Waals surface area (Å²) in [5.74, 6) is 0.987. The van der Waals surface area contributed by atoms with E-state index in [0.717, 1.165) is 22.4 Å². The Morgan fingerprint density at radius 3 is 2.50 bits per heavy atom. The van der Waals surface area contributed by atoms with Gasteiger partial charge in [-0.05, 0) is 49.2 Å². The predicted molar refractivity (Wildman–Crippen MR) is 124 cm³/mol. The third-order valence-electron chi connectivity index (χ3n) is 5.01. The van der Waals surface area contributed by atoms with Gasteiger partial charge in [-0.1, -0.05) is 35.0 Å². The number of nitrogens with zero attached hydrogens (tertiary/aromatic N) is 4. The minimum Gasteiger partial charge on any atom is -0.383 e. The highest BCUT2D eigenvalue weighted by atomic mass is 35.5. The average Bonchev–Trinajstić information content (AvgIpc) is 3.36. The Hall–Kier alpha value is -3.85. The van der Waals surface area contributed by atoms with Gasteiger partial charge in [0.15, 0.2) is 5.82 Å². The third kappa shape index (κ3) is 4.15. The number of hydrogen-bond donors (Lipinski definition) is 3. The Kier molecular flexibility index (Phi) is 5.83. The second kappa shape index (κ2) is 8.72. The molecule has 0 aliphatic carbocycles. The highest BCUT2D eigenvalue weighted by Crippen LogP contribution is 2.33. The van der Waals surface area contributed by atoms with Crippen molar-refractivity contribution in [2.24, 2.45) is 0 Å². The number of nitrogens with two attached hydrogens (primary N) is 1. The van der Waals surface area contributed by atoms with Crippen LogP contribution in [0.2, 0.25) is 5.02 Å². The largest absolute Gasteiger partial charge is 0.383 e. The molecule has 0 aliphatic rings. The zero-order chi connectivity index (χ0) is 22.8. The molecule has 164 valence electrons. The Morgan fingerprint density at radius 1 is 1.16 bits per heavy atom. The third-order valence-corrected chi connectivity index (χ3v) is 5.26. The van der Waals surface area contributed by atoms with Gasteiger partial charge in [0.05, 0.1) is 0 Å². The number of para-hydroxylation sites is 1. The molecule has 0 fully saturated rings. The number of benzene rings is 2. The molecular formula is C22H22ClN7O2. The number of nitrogens with one attached hydrogen (secondary N) is 2. The van der Waals surface area contributed by atoms with Crippen LogP contribution in [0, 0.1) is 13.8 Å². The van der Waals surface area contributed by atoms with Crippen LogP contribution in [-0.2, 0) is 11.3 Å². The fraction of sp³-hybridized carbons (Fsp3) is 0.182. The number of nitrogen functional groups attached to an aromatic ring is 1. The molecule has 0 bridgehead atoms. The number of anilines is 3. The second-order valence-corrected chi connectivity index (χ2v) is 7.70. The maximum Gasteiger partial charge on any atom is 0.265 e. The Morgan fingerprint density at radius 2 is 1.84 bits per heavy atom. The number of halogens is 1. The first kappa shape index (κ1) is 21.4. The molecule has 1 amide bonds. The van der Waals surface area contributed by atoms with Crippen LogP contribution in [0.4, 0.5) is 17.3 Å². The first-order valence-electron chi connectivity index (χ1n) is 9.87. The van der Waals surface area contributed by atoms with Gasteiger partial charge in [0, 0.05) is 23.3 Å². The van der Waals surface area contributed by atoms with E-state index < -0.39 is 0 Å². The van der Waals surface area contributed by atoms with Crippen LogP contribution in [-0.4, -0.2) is 32.9 Å². The number of carbonyl (C=O) groups excluding carboxylic acids is 1. The van der Waals surface area contributed by atoms with E-state index in [1.54, 1.807) is 31.3 Å². The maximum atomic E-state index is 12.7. The minimum atomic E-state index is -0.252. The monoisotopic (exact) mass is 451 g/mol. The summed E-state index contributed by atoms with van der Waals surface area (Å²) in [6, 6.07) is 12.9. The molecule has 32 heavy (non-hydrogen) atoms. The zero-order valence-electron chi connectivity index (χ0n) is 17.8. The highest BCUT2D eigenvalue weighted by molar-refractivity contribution is 6.30. The summed E-state index contributed by atoms with van der Waals surface area (Å²) in [5.41, 5.74) is 10.2. The molecule has 0 spiro atoms. The molecule has 4 aromatic rings. The summed E-state index contributed by atoms with van der Waals surface area (Å²) in [4.78, 5) is 17.1. The van der Waals surface area contributed by atoms with E-state index in [9.17, 15) is 4.79 Å². The SMILES string of the molecule is CNc1nn(CC(=O)Nc2c(C)cccc2C)c(N)c1-c1nc(-c2ccc(Cl)cc2)no1. The van der Waals surface area contributed by atoms with Gasteiger partial charge in [-0.15, -0.1) is 0 Å². The number of aromatic nitrogens is 4. The molecule has 0 radical (unpaired) electrons. The summed E-state index contributed by atoms with van der Waals surface area (Å²) in [5, 5.41) is 14.9. The van der Waals surface area contributed by atoms with Crippen LogP contribution >= 0.6 is 11.6 Å². The van der Waals surface area contributed by atoms with Gasteiger partial charge in [-0.2, -0.15) is 10.1 Å². The summed E-state index contributed by atoms with van der Waals surface area (Å²) < 4.78 is 6.84. The van der Waals surface area contributed by atoms with Crippen LogP contribution < -0.4 is 16.4 Å². The van der Waals surface area contributed by atoms with Crippen molar-refractivity contribution in [2.45, 2.75) is 20.4 Å². The molecule has 0 saturated carbocycles. The van der Waals surface area contributed by atoms with E-state index in [1.165, 1.54) is 4.68 Å². The van der Waals surface area contributed by atoms with Crippen molar-refractivity contribution in [3.63, 3.8) is 0 Å². The standard InChI is InChI=1S/C22H22ClN7O2/c1-12-5-4-6-13(2)18(12)26-16(31)11-30-19(24)17(21(25-3)28-30)22-27-20(29-32-22)14-7-9-15(23)10-8-14/h4-10H,11,24H2,1-3H3,(H,25,28)(H,26,31). The number of hydrogen-bond acceptors (Lipinski definition) is 7. The average molecular weight is 452 g/mol. The summed E-state index contributed by atoms with van der Waals surface area (Å²) >= 11 is 5.94. The molecular weight excluding hydrogens is 430 g/mol. The molecule has 0 atom stereocenters. The van der Waals surface area contributed by atoms with E-state index >= 15 is 0 Å². The fourth-order valence-corrected chi connectivity index (χ4v) is 3.48. The number of aryl methyl sites for hydroxylation is 2. The van der Waals surface area contributed by atoms with Crippen LogP contribution in [0.5, 0.6) is 0 Å². The van der Waals surface area contributed by atoms with Gasteiger partial charge in [0.25, 0.3) is 5.89 Å². The van der Waals surface area contributed by atoms with Crippen LogP contribution in [0.25, 0.3) is 22.8 Å². The molecule has 4 rings (SSSR count). The predicted octanol–water partition coefficient (Wildman–Crippen LogP) is 4.13. The van der Waals surface area contributed by atoms with Gasteiger partial charge in [-0.25, -0.2) is 4.68 Å². The van der Waals surface area contributed by atoms with Crippen LogP contribution in [0.3, 0.4) is 0 Å². The van der Waals surface area contributed by atoms with E-state index in [4.69, 9.17) is 21.9 Å². The van der Waals surface area contributed by atoms with E-state index in [1.807, 2.05) is 32.0 Å². The Bertz CT molecular complexity index is 1260. The van der Waals surface area contributed by atoms with E-state index in [2.05, 4.69) is 25.9 Å². The number of rotatable bonds is 6. The molecule has 0 saturated heterocycles. The molecule has 2 aromatic carbocycles. The lowest BCUT2D eigenvalue weighted by molar-refractivity contribution is -0.116. The van der Waals surface area contributed by atoms with Gasteiger partial charge >= 0.3 is 0 Å². The second-order valence-electron chi connectivity index (χ2n) is 7.26. The molecule has 4 N–H and O–H groups in total. The Labute approximate surface area is 189 Å². The molecule has 9 nitrogen and oxygen atoms in total. The first-order chi connectivity index (χ1) is 15.4. The lowest BCUT2D eigenvalue weighted by Crippen LogP contribution is -2.21. The van der Waals surface area contributed by atoms with Crippen molar-refractivity contribution in [1.29, 1.82) is 0 Å². The fourth-order valence-electron chi connectivity index (χ4n) is 3.35. The molecule has 0 unspecified atom stereocenters. The molecule has 0 aliphatic heterocycles. The summed E-state index contributed by atoms with van der Waals surface area (Å²) in [6.07, 6.45) is 0. The highest BCUT2D eigenvalue weighted by Gasteiger charge is 2.24. The van der Waals surface area contributed by atoms with Gasteiger partial charge < -0.3 is 20.9 Å². The van der Waals surface area contributed by atoms with Crippen molar-refractivity contribution < 1.29 is 9.32 Å². The van der Waals surface area contributed by atoms with Crippen molar-refractivity contribution in [1.82, 2.24) is 19.9 Å². The van der Waals surface area contributed by atoms with Crippen LogP contribution in [0.1, 0.15) is 11.1 Å². The molecule has 2 heterocycles. The van der Waals surface area contributed by atoms with Gasteiger partial charge in [0.1, 0.15) is 17.9 Å². The maximum absolute atomic E-state index is 12.7. The summed E-state index contributed by atoms with van der Waals surface area (Å²) in [6.45, 7) is 3.80. The lowest BCUT2D eigenvalue weighted by Gasteiger charge is -2.11. The molecule has 2 aromatic heterocycles. The Balaban J connectivity index is 1.60. The summed E-state index contributed by atoms with van der Waals surface area (Å²) in [7, 11) is 1.70. The van der Waals surface area contributed by atoms with Gasteiger partial charge in [-0.3, -0.25) is 4.79 Å². The quantitative estimate of drug-likeness (QED) is 0.402. The topological polar surface area (TPSA) is 124 Å². The number of amides is 1. The van der Waals surface area contributed by atoms with Crippen molar-refractivity contribution >= 4 is 34.8 Å². The van der Waals surface area contributed by atoms with Crippen molar-refractivity contribution in [3.05, 3.63) is 58.6 Å². The number of carbonyl (C=O) groups is 1. The van der Waals surface area contributed by atoms with E-state index in [0.29, 0.717) is 22.2 Å². The minimum absolute atomic E-state index is 0.0769. The normalized spacial score (nSPS) is 10.9. The first-order valence-corrected chi connectivity index (χ1v) is 10.2. The molecule has 10 heteroatoms. The van der Waals surface area contributed by atoms with Crippen molar-refractivity contribution in [2.75, 3.05) is 23.4 Å².